The van der Waals surface area contributed by atoms with E-state index in [2.05, 4.69) is 26.3 Å². The maximum Gasteiger partial charge on any atom is 0.197 e. The highest BCUT2D eigenvalue weighted by molar-refractivity contribution is 6.15. The number of carbonyl (C=O) groups is 1. The van der Waals surface area contributed by atoms with Gasteiger partial charge >= 0.3 is 0 Å². The fourth-order valence-corrected chi connectivity index (χ4v) is 2.47. The maximum atomic E-state index is 13.2. The highest BCUT2D eigenvalue weighted by Crippen LogP contribution is 2.28. The second kappa shape index (κ2) is 7.79. The van der Waals surface area contributed by atoms with Crippen molar-refractivity contribution >= 4 is 17.2 Å². The highest BCUT2D eigenvalue weighted by Gasteiger charge is 2.19. The highest BCUT2D eigenvalue weighted by atomic mass is 16.1. The zero-order chi connectivity index (χ0) is 17.5. The minimum atomic E-state index is -0.0939. The van der Waals surface area contributed by atoms with Crippen LogP contribution in [-0.4, -0.2) is 5.78 Å². The molecule has 2 aromatic rings. The molecule has 2 aromatic carbocycles. The van der Waals surface area contributed by atoms with Gasteiger partial charge in [0, 0.05) is 35.9 Å². The predicted molar refractivity (Wildman–Crippen MR) is 102 cm³/mol. The van der Waals surface area contributed by atoms with Crippen molar-refractivity contribution in [2.75, 3.05) is 9.80 Å². The first kappa shape index (κ1) is 17.0. The van der Waals surface area contributed by atoms with Crippen LogP contribution in [0.5, 0.6) is 0 Å². The Morgan fingerprint density at radius 3 is 1.33 bits per heavy atom. The van der Waals surface area contributed by atoms with E-state index in [9.17, 15) is 4.79 Å². The van der Waals surface area contributed by atoms with E-state index in [0.29, 0.717) is 11.1 Å². The van der Waals surface area contributed by atoms with E-state index >= 15 is 0 Å². The Balaban J connectivity index is 2.59. The SMILES string of the molecule is C=CN(C=C)c1ccccc1C(=O)c1ccccc1N(C=C)C=C. The van der Waals surface area contributed by atoms with Gasteiger partial charge in [-0.15, -0.1) is 0 Å². The van der Waals surface area contributed by atoms with Gasteiger partial charge in [-0.1, -0.05) is 50.6 Å². The summed E-state index contributed by atoms with van der Waals surface area (Å²) in [6, 6.07) is 14.7. The molecule has 3 nitrogen and oxygen atoms in total. The van der Waals surface area contributed by atoms with E-state index in [0.717, 1.165) is 11.4 Å². The van der Waals surface area contributed by atoms with Crippen LogP contribution in [0.2, 0.25) is 0 Å². The summed E-state index contributed by atoms with van der Waals surface area (Å²) >= 11 is 0. The number of ketones is 1. The molecule has 2 rings (SSSR count). The molecular formula is C21H20N2O. The van der Waals surface area contributed by atoms with Crippen molar-refractivity contribution in [1.82, 2.24) is 0 Å². The number of para-hydroxylation sites is 2. The van der Waals surface area contributed by atoms with Gasteiger partial charge < -0.3 is 9.80 Å². The van der Waals surface area contributed by atoms with E-state index < -0.39 is 0 Å². The summed E-state index contributed by atoms with van der Waals surface area (Å²) in [5, 5.41) is 0. The Bertz CT molecular complexity index is 710. The van der Waals surface area contributed by atoms with Crippen molar-refractivity contribution in [3.63, 3.8) is 0 Å². The third-order valence-corrected chi connectivity index (χ3v) is 3.64. The van der Waals surface area contributed by atoms with Crippen molar-refractivity contribution < 1.29 is 4.79 Å². The molecule has 0 aliphatic heterocycles. The number of anilines is 2. The van der Waals surface area contributed by atoms with Crippen LogP contribution < -0.4 is 9.80 Å². The van der Waals surface area contributed by atoms with Gasteiger partial charge in [0.05, 0.1) is 11.4 Å². The van der Waals surface area contributed by atoms with Crippen LogP contribution in [0.4, 0.5) is 11.4 Å². The monoisotopic (exact) mass is 316 g/mol. The average molecular weight is 316 g/mol. The zero-order valence-corrected chi connectivity index (χ0v) is 13.6. The Labute approximate surface area is 143 Å². The number of hydrogen-bond acceptors (Lipinski definition) is 3. The molecule has 0 aromatic heterocycles. The lowest BCUT2D eigenvalue weighted by Crippen LogP contribution is -2.15. The number of benzene rings is 2. The second-order valence-corrected chi connectivity index (χ2v) is 4.91. The molecule has 120 valence electrons. The molecule has 0 unspecified atom stereocenters. The van der Waals surface area contributed by atoms with Crippen LogP contribution in [0.15, 0.2) is 99.6 Å². The minimum Gasteiger partial charge on any atom is -0.324 e. The molecule has 0 amide bonds. The normalized spacial score (nSPS) is 9.67. The van der Waals surface area contributed by atoms with Crippen LogP contribution in [-0.2, 0) is 0 Å². The van der Waals surface area contributed by atoms with Gasteiger partial charge in [0.25, 0.3) is 0 Å². The van der Waals surface area contributed by atoms with Gasteiger partial charge in [0.15, 0.2) is 5.78 Å². The minimum absolute atomic E-state index is 0.0939. The Morgan fingerprint density at radius 2 is 1.00 bits per heavy atom. The van der Waals surface area contributed by atoms with Crippen molar-refractivity contribution in [2.24, 2.45) is 0 Å². The molecule has 0 saturated carbocycles. The standard InChI is InChI=1S/C21H20N2O/c1-5-22(6-2)19-15-11-9-13-17(19)21(24)18-14-10-12-16-20(18)23(7-3)8-4/h5-16H,1-4H2. The summed E-state index contributed by atoms with van der Waals surface area (Å²) in [5.41, 5.74) is 2.59. The van der Waals surface area contributed by atoms with Gasteiger partial charge in [-0.25, -0.2) is 0 Å². The largest absolute Gasteiger partial charge is 0.324 e. The molecule has 0 saturated heterocycles. The quantitative estimate of drug-likeness (QED) is 0.633. The summed E-state index contributed by atoms with van der Waals surface area (Å²) in [5.74, 6) is -0.0939. The van der Waals surface area contributed by atoms with Crippen LogP contribution in [0.1, 0.15) is 15.9 Å². The van der Waals surface area contributed by atoms with Gasteiger partial charge in [0.2, 0.25) is 0 Å². The van der Waals surface area contributed by atoms with Crippen molar-refractivity contribution in [1.29, 1.82) is 0 Å². The molecule has 3 heteroatoms. The van der Waals surface area contributed by atoms with Crippen LogP contribution >= 0.6 is 0 Å². The van der Waals surface area contributed by atoms with Crippen LogP contribution in [0.3, 0.4) is 0 Å². The number of hydrogen-bond donors (Lipinski definition) is 0. The molecule has 0 radical (unpaired) electrons. The summed E-state index contributed by atoms with van der Waals surface area (Å²) in [7, 11) is 0. The molecule has 24 heavy (non-hydrogen) atoms. The van der Waals surface area contributed by atoms with Crippen LogP contribution in [0, 0.1) is 0 Å². The average Bonchev–Trinajstić information content (AvgIpc) is 2.64. The Kier molecular flexibility index (Phi) is 5.53. The predicted octanol–water partition coefficient (Wildman–Crippen LogP) is 5.10. The van der Waals surface area contributed by atoms with Gasteiger partial charge in [-0.05, 0) is 24.3 Å². The topological polar surface area (TPSA) is 23.6 Å². The first-order valence-corrected chi connectivity index (χ1v) is 7.47. The molecule has 0 aliphatic rings. The molecule has 0 heterocycles. The smallest absolute Gasteiger partial charge is 0.197 e. The summed E-state index contributed by atoms with van der Waals surface area (Å²) in [6.07, 6.45) is 6.46. The van der Waals surface area contributed by atoms with Crippen molar-refractivity contribution in [3.05, 3.63) is 111 Å². The van der Waals surface area contributed by atoms with E-state index in [1.807, 2.05) is 36.4 Å². The molecule has 0 N–H and O–H groups in total. The summed E-state index contributed by atoms with van der Waals surface area (Å²) in [4.78, 5) is 16.6. The summed E-state index contributed by atoms with van der Waals surface area (Å²) in [6.45, 7) is 15.0. The fraction of sp³-hybridized carbons (Fsp3) is 0. The number of nitrogens with zero attached hydrogens (tertiary/aromatic N) is 2. The van der Waals surface area contributed by atoms with E-state index in [1.165, 1.54) is 0 Å². The van der Waals surface area contributed by atoms with Crippen molar-refractivity contribution in [3.8, 4) is 0 Å². The first-order chi connectivity index (χ1) is 11.7. The number of carbonyl (C=O) groups excluding carboxylic acids is 1. The lowest BCUT2D eigenvalue weighted by molar-refractivity contribution is 0.104. The number of rotatable bonds is 8. The maximum absolute atomic E-state index is 13.2. The van der Waals surface area contributed by atoms with Gasteiger partial charge in [-0.3, -0.25) is 4.79 Å². The molecule has 0 atom stereocenters. The third kappa shape index (κ3) is 3.20. The van der Waals surface area contributed by atoms with E-state index in [-0.39, 0.29) is 5.78 Å². The van der Waals surface area contributed by atoms with Crippen LogP contribution in [0.25, 0.3) is 0 Å². The molecule has 0 spiro atoms. The Morgan fingerprint density at radius 1 is 0.667 bits per heavy atom. The summed E-state index contributed by atoms with van der Waals surface area (Å²) < 4.78 is 0. The fourth-order valence-electron chi connectivity index (χ4n) is 2.47. The molecule has 0 aliphatic carbocycles. The van der Waals surface area contributed by atoms with Gasteiger partial charge in [0.1, 0.15) is 0 Å². The lowest BCUT2D eigenvalue weighted by atomic mass is 9.99. The zero-order valence-electron chi connectivity index (χ0n) is 13.6. The molecule has 0 fully saturated rings. The molecule has 0 bridgehead atoms. The molecular weight excluding hydrogens is 296 g/mol. The van der Waals surface area contributed by atoms with Crippen molar-refractivity contribution in [2.45, 2.75) is 0 Å². The second-order valence-electron chi connectivity index (χ2n) is 4.91. The lowest BCUT2D eigenvalue weighted by Gasteiger charge is -2.21. The van der Waals surface area contributed by atoms with E-state index in [1.54, 1.807) is 46.7 Å². The van der Waals surface area contributed by atoms with E-state index in [4.69, 9.17) is 0 Å². The third-order valence-electron chi connectivity index (χ3n) is 3.64. The Hall–Kier alpha value is -3.33. The van der Waals surface area contributed by atoms with Gasteiger partial charge in [-0.2, -0.15) is 0 Å². The first-order valence-electron chi connectivity index (χ1n) is 7.47.